The molecular formula is C17H25NOSi. The largest absolute Gasteiger partial charge is 0.497 e. The zero-order valence-corrected chi connectivity index (χ0v) is 14.1. The third-order valence-corrected chi connectivity index (χ3v) is 3.65. The number of hydrogen-bond donors (Lipinski definition) is 0. The van der Waals surface area contributed by atoms with Crippen molar-refractivity contribution in [2.24, 2.45) is 0 Å². The standard InChI is InChI=1S/C17H25NOSi/c1-6-12-18(13-7-14-20(3,4)5)15-16-8-10-17(19-2)11-9-16/h6,8-11H,1,12-13,15H2,2-5H3. The lowest BCUT2D eigenvalue weighted by Crippen LogP contribution is -2.24. The van der Waals surface area contributed by atoms with E-state index in [4.69, 9.17) is 4.74 Å². The normalized spacial score (nSPS) is 10.8. The second kappa shape index (κ2) is 7.93. The molecule has 3 heteroatoms. The molecule has 0 saturated carbocycles. The van der Waals surface area contributed by atoms with E-state index in [0.29, 0.717) is 0 Å². The smallest absolute Gasteiger partial charge is 0.129 e. The van der Waals surface area contributed by atoms with Crippen LogP contribution in [0.25, 0.3) is 0 Å². The van der Waals surface area contributed by atoms with Crippen molar-refractivity contribution in [2.75, 3.05) is 20.2 Å². The third kappa shape index (κ3) is 6.60. The van der Waals surface area contributed by atoms with E-state index in [1.807, 2.05) is 18.2 Å². The number of ether oxygens (including phenoxy) is 1. The van der Waals surface area contributed by atoms with E-state index in [-0.39, 0.29) is 0 Å². The fourth-order valence-corrected chi connectivity index (χ4v) is 2.38. The molecule has 108 valence electrons. The first-order valence-electron chi connectivity index (χ1n) is 6.91. The molecule has 0 aromatic heterocycles. The van der Waals surface area contributed by atoms with Gasteiger partial charge in [-0.2, -0.15) is 0 Å². The highest BCUT2D eigenvalue weighted by molar-refractivity contribution is 6.83. The maximum Gasteiger partial charge on any atom is 0.129 e. The summed E-state index contributed by atoms with van der Waals surface area (Å²) in [5, 5.41) is 0. The van der Waals surface area contributed by atoms with Gasteiger partial charge in [0.2, 0.25) is 0 Å². The molecule has 2 nitrogen and oxygen atoms in total. The molecule has 0 amide bonds. The molecule has 0 radical (unpaired) electrons. The van der Waals surface area contributed by atoms with E-state index in [0.717, 1.165) is 25.4 Å². The molecule has 0 atom stereocenters. The second-order valence-corrected chi connectivity index (χ2v) is 10.6. The van der Waals surface area contributed by atoms with Crippen molar-refractivity contribution in [3.8, 4) is 17.2 Å². The van der Waals surface area contributed by atoms with E-state index >= 15 is 0 Å². The lowest BCUT2D eigenvalue weighted by atomic mass is 10.2. The lowest BCUT2D eigenvalue weighted by Gasteiger charge is -2.18. The van der Waals surface area contributed by atoms with Gasteiger partial charge in [0.1, 0.15) is 13.8 Å². The van der Waals surface area contributed by atoms with Crippen molar-refractivity contribution in [3.05, 3.63) is 42.5 Å². The van der Waals surface area contributed by atoms with Crippen LogP contribution < -0.4 is 4.74 Å². The van der Waals surface area contributed by atoms with Gasteiger partial charge < -0.3 is 4.74 Å². The first kappa shape index (κ1) is 16.6. The number of nitrogens with zero attached hydrogens (tertiary/aromatic N) is 1. The summed E-state index contributed by atoms with van der Waals surface area (Å²) in [6.07, 6.45) is 1.93. The molecule has 0 aliphatic rings. The minimum atomic E-state index is -1.28. The fourth-order valence-electron chi connectivity index (χ4n) is 1.77. The Hall–Kier alpha value is -1.50. The zero-order valence-electron chi connectivity index (χ0n) is 13.1. The Balaban J connectivity index is 2.65. The molecular weight excluding hydrogens is 262 g/mol. The maximum absolute atomic E-state index is 5.18. The molecule has 0 fully saturated rings. The Morgan fingerprint density at radius 2 is 1.90 bits per heavy atom. The zero-order chi connectivity index (χ0) is 15.0. The van der Waals surface area contributed by atoms with E-state index in [2.05, 4.69) is 54.7 Å². The van der Waals surface area contributed by atoms with E-state index in [9.17, 15) is 0 Å². The maximum atomic E-state index is 5.18. The summed E-state index contributed by atoms with van der Waals surface area (Å²) in [7, 11) is 0.404. The highest BCUT2D eigenvalue weighted by Crippen LogP contribution is 2.12. The molecule has 1 aromatic carbocycles. The average Bonchev–Trinajstić information content (AvgIpc) is 2.38. The van der Waals surface area contributed by atoms with Crippen molar-refractivity contribution < 1.29 is 4.74 Å². The van der Waals surface area contributed by atoms with Crippen LogP contribution in [0.4, 0.5) is 0 Å². The summed E-state index contributed by atoms with van der Waals surface area (Å²) < 4.78 is 5.18. The molecule has 0 N–H and O–H groups in total. The van der Waals surface area contributed by atoms with E-state index in [1.54, 1.807) is 7.11 Å². The van der Waals surface area contributed by atoms with Gasteiger partial charge in [0.05, 0.1) is 13.7 Å². The van der Waals surface area contributed by atoms with Crippen LogP contribution in [0.15, 0.2) is 36.9 Å². The second-order valence-electron chi connectivity index (χ2n) is 5.86. The highest BCUT2D eigenvalue weighted by atomic mass is 28.3. The quantitative estimate of drug-likeness (QED) is 0.450. The Morgan fingerprint density at radius 1 is 1.25 bits per heavy atom. The SMILES string of the molecule is C=CCN(CC#C[Si](C)(C)C)Cc1ccc(OC)cc1. The summed E-state index contributed by atoms with van der Waals surface area (Å²) >= 11 is 0. The topological polar surface area (TPSA) is 12.5 Å². The van der Waals surface area contributed by atoms with Crippen molar-refractivity contribution in [1.29, 1.82) is 0 Å². The Morgan fingerprint density at radius 3 is 2.40 bits per heavy atom. The number of benzene rings is 1. The van der Waals surface area contributed by atoms with Crippen molar-refractivity contribution in [2.45, 2.75) is 26.2 Å². The van der Waals surface area contributed by atoms with Gasteiger partial charge in [-0.1, -0.05) is 43.8 Å². The molecule has 0 saturated heterocycles. The van der Waals surface area contributed by atoms with Gasteiger partial charge in [0, 0.05) is 13.1 Å². The summed E-state index contributed by atoms with van der Waals surface area (Å²) in [5.74, 6) is 4.21. The van der Waals surface area contributed by atoms with Crippen LogP contribution in [-0.2, 0) is 6.54 Å². The van der Waals surface area contributed by atoms with Crippen molar-refractivity contribution >= 4 is 8.07 Å². The van der Waals surface area contributed by atoms with Gasteiger partial charge in [-0.05, 0) is 17.7 Å². The predicted molar refractivity (Wildman–Crippen MR) is 89.6 cm³/mol. The van der Waals surface area contributed by atoms with Crippen molar-refractivity contribution in [1.82, 2.24) is 4.90 Å². The summed E-state index contributed by atoms with van der Waals surface area (Å²) in [5.41, 5.74) is 4.67. The summed E-state index contributed by atoms with van der Waals surface area (Å²) in [6, 6.07) is 8.19. The summed E-state index contributed by atoms with van der Waals surface area (Å²) in [4.78, 5) is 2.29. The summed E-state index contributed by atoms with van der Waals surface area (Å²) in [6.45, 7) is 13.2. The molecule has 0 unspecified atom stereocenters. The first-order chi connectivity index (χ1) is 9.44. The number of hydrogen-bond acceptors (Lipinski definition) is 2. The Bertz CT molecular complexity index is 476. The van der Waals surface area contributed by atoms with Crippen molar-refractivity contribution in [3.63, 3.8) is 0 Å². The molecule has 0 aliphatic heterocycles. The average molecular weight is 287 g/mol. The van der Waals surface area contributed by atoms with E-state index in [1.165, 1.54) is 5.56 Å². The van der Waals surface area contributed by atoms with Gasteiger partial charge in [0.15, 0.2) is 0 Å². The van der Waals surface area contributed by atoms with Gasteiger partial charge in [-0.3, -0.25) is 4.90 Å². The molecule has 0 aliphatic carbocycles. The minimum Gasteiger partial charge on any atom is -0.497 e. The van der Waals surface area contributed by atoms with Crippen LogP contribution in [-0.4, -0.2) is 33.2 Å². The van der Waals surface area contributed by atoms with E-state index < -0.39 is 8.07 Å². The molecule has 1 rings (SSSR count). The van der Waals surface area contributed by atoms with Gasteiger partial charge in [-0.25, -0.2) is 0 Å². The Labute approximate surface area is 124 Å². The third-order valence-electron chi connectivity index (χ3n) is 2.72. The Kier molecular flexibility index (Phi) is 6.57. The van der Waals surface area contributed by atoms with Gasteiger partial charge in [-0.15, -0.1) is 12.1 Å². The minimum absolute atomic E-state index is 0.794. The molecule has 0 heterocycles. The number of rotatable bonds is 6. The molecule has 20 heavy (non-hydrogen) atoms. The predicted octanol–water partition coefficient (Wildman–Crippen LogP) is 3.56. The van der Waals surface area contributed by atoms with Gasteiger partial charge >= 0.3 is 0 Å². The molecule has 0 spiro atoms. The highest BCUT2D eigenvalue weighted by Gasteiger charge is 2.08. The molecule has 0 bridgehead atoms. The van der Waals surface area contributed by atoms with Crippen LogP contribution >= 0.6 is 0 Å². The fraction of sp³-hybridized carbons (Fsp3) is 0.412. The first-order valence-corrected chi connectivity index (χ1v) is 10.4. The van der Waals surface area contributed by atoms with Crippen LogP contribution in [0.2, 0.25) is 19.6 Å². The van der Waals surface area contributed by atoms with Crippen LogP contribution in [0.1, 0.15) is 5.56 Å². The van der Waals surface area contributed by atoms with Gasteiger partial charge in [0.25, 0.3) is 0 Å². The number of methoxy groups -OCH3 is 1. The van der Waals surface area contributed by atoms with Crippen LogP contribution in [0.5, 0.6) is 5.75 Å². The molecule has 1 aromatic rings. The van der Waals surface area contributed by atoms with Crippen LogP contribution in [0, 0.1) is 11.5 Å². The van der Waals surface area contributed by atoms with Crippen LogP contribution in [0.3, 0.4) is 0 Å². The lowest BCUT2D eigenvalue weighted by molar-refractivity contribution is 0.332. The monoisotopic (exact) mass is 287 g/mol.